The molecular weight excluding hydrogens is 294 g/mol. The molecule has 1 aliphatic heterocycles. The predicted octanol–water partition coefficient (Wildman–Crippen LogP) is 2.36. The van der Waals surface area contributed by atoms with Gasteiger partial charge in [0.25, 0.3) is 5.56 Å². The van der Waals surface area contributed by atoms with Crippen LogP contribution < -0.4 is 10.5 Å². The van der Waals surface area contributed by atoms with E-state index >= 15 is 0 Å². The highest BCUT2D eigenvalue weighted by Gasteiger charge is 2.28. The zero-order valence-electron chi connectivity index (χ0n) is 11.2. The van der Waals surface area contributed by atoms with Gasteiger partial charge in [-0.1, -0.05) is 15.9 Å². The van der Waals surface area contributed by atoms with Gasteiger partial charge in [0.05, 0.1) is 0 Å². The number of aromatic nitrogens is 2. The molecule has 1 aromatic rings. The third kappa shape index (κ3) is 2.46. The van der Waals surface area contributed by atoms with E-state index in [4.69, 9.17) is 0 Å². The maximum absolute atomic E-state index is 12.5. The molecular formula is C13H20BrN3O. The summed E-state index contributed by atoms with van der Waals surface area (Å²) in [6, 6.07) is 0.390. The second kappa shape index (κ2) is 5.03. The van der Waals surface area contributed by atoms with Crippen molar-refractivity contribution in [1.29, 1.82) is 0 Å². The molecule has 4 nitrogen and oxygen atoms in total. The largest absolute Gasteiger partial charge is 0.348 e. The van der Waals surface area contributed by atoms with Gasteiger partial charge in [-0.3, -0.25) is 4.79 Å². The molecule has 1 aliphatic rings. The summed E-state index contributed by atoms with van der Waals surface area (Å²) in [6.07, 6.45) is 5.75. The molecule has 0 aliphatic carbocycles. The molecule has 1 atom stereocenters. The van der Waals surface area contributed by atoms with Crippen LogP contribution in [0, 0.1) is 0 Å². The maximum Gasteiger partial charge on any atom is 0.293 e. The van der Waals surface area contributed by atoms with Gasteiger partial charge < -0.3 is 9.47 Å². The predicted molar refractivity (Wildman–Crippen MR) is 77.7 cm³/mol. The number of anilines is 1. The van der Waals surface area contributed by atoms with Crippen LogP contribution in [-0.2, 0) is 5.54 Å². The summed E-state index contributed by atoms with van der Waals surface area (Å²) in [7, 11) is 0. The van der Waals surface area contributed by atoms with E-state index in [2.05, 4.69) is 25.8 Å². The topological polar surface area (TPSA) is 38.1 Å². The third-order valence-corrected chi connectivity index (χ3v) is 4.12. The normalized spacial score (nSPS) is 20.4. The zero-order chi connectivity index (χ0) is 13.3. The first-order chi connectivity index (χ1) is 8.45. The molecule has 0 N–H and O–H groups in total. The second-order valence-electron chi connectivity index (χ2n) is 5.74. The molecule has 100 valence electrons. The van der Waals surface area contributed by atoms with Gasteiger partial charge in [-0.05, 0) is 33.6 Å². The molecule has 0 bridgehead atoms. The minimum atomic E-state index is -0.210. The summed E-state index contributed by atoms with van der Waals surface area (Å²) in [5.41, 5.74) is -0.198. The van der Waals surface area contributed by atoms with Crippen LogP contribution in [0.3, 0.4) is 0 Å². The average Bonchev–Trinajstić information content (AvgIpc) is 2.75. The van der Waals surface area contributed by atoms with Crippen LogP contribution in [-0.4, -0.2) is 27.5 Å². The molecule has 1 aromatic heterocycles. The number of nitrogens with zero attached hydrogens (tertiary/aromatic N) is 3. The van der Waals surface area contributed by atoms with Gasteiger partial charge in [0.2, 0.25) is 0 Å². The number of halogens is 1. The molecule has 2 rings (SSSR count). The molecule has 0 aromatic carbocycles. The molecule has 1 fully saturated rings. The van der Waals surface area contributed by atoms with Crippen LogP contribution in [0.15, 0.2) is 17.2 Å². The van der Waals surface area contributed by atoms with Gasteiger partial charge in [-0.25, -0.2) is 4.98 Å². The first-order valence-electron chi connectivity index (χ1n) is 6.36. The number of hydrogen-bond donors (Lipinski definition) is 0. The van der Waals surface area contributed by atoms with Crippen molar-refractivity contribution >= 4 is 21.7 Å². The van der Waals surface area contributed by atoms with Crippen molar-refractivity contribution in [3.8, 4) is 0 Å². The smallest absolute Gasteiger partial charge is 0.293 e. The molecule has 0 radical (unpaired) electrons. The lowest BCUT2D eigenvalue weighted by molar-refractivity contribution is 0.382. The van der Waals surface area contributed by atoms with E-state index in [9.17, 15) is 4.79 Å². The summed E-state index contributed by atoms with van der Waals surface area (Å²) < 4.78 is 1.76. The van der Waals surface area contributed by atoms with Crippen LogP contribution in [0.25, 0.3) is 0 Å². The minimum Gasteiger partial charge on any atom is -0.348 e. The highest BCUT2D eigenvalue weighted by Crippen LogP contribution is 2.23. The van der Waals surface area contributed by atoms with E-state index in [0.717, 1.165) is 24.7 Å². The molecule has 1 saturated heterocycles. The van der Waals surface area contributed by atoms with Crippen molar-refractivity contribution in [2.75, 3.05) is 16.8 Å². The van der Waals surface area contributed by atoms with Crippen LogP contribution in [0.2, 0.25) is 0 Å². The van der Waals surface area contributed by atoms with E-state index in [0.29, 0.717) is 11.9 Å². The standard InChI is InChI=1S/C13H20BrN3O/c1-13(2,3)17-8-6-15-11(12(17)18)16-7-4-5-10(16)9-14/h6,8,10H,4-5,7,9H2,1-3H3. The highest BCUT2D eigenvalue weighted by atomic mass is 79.9. The van der Waals surface area contributed by atoms with Gasteiger partial charge >= 0.3 is 0 Å². The lowest BCUT2D eigenvalue weighted by atomic mass is 10.1. The number of rotatable bonds is 2. The van der Waals surface area contributed by atoms with Crippen molar-refractivity contribution in [3.05, 3.63) is 22.7 Å². The maximum atomic E-state index is 12.5. The Hall–Kier alpha value is -0.840. The van der Waals surface area contributed by atoms with Gasteiger partial charge in [0.15, 0.2) is 5.82 Å². The molecule has 0 amide bonds. The Balaban J connectivity index is 2.44. The summed E-state index contributed by atoms with van der Waals surface area (Å²) in [6.45, 7) is 7.02. The van der Waals surface area contributed by atoms with Crippen LogP contribution in [0.5, 0.6) is 0 Å². The zero-order valence-corrected chi connectivity index (χ0v) is 12.8. The summed E-state index contributed by atoms with van der Waals surface area (Å²) in [5, 5.41) is 0.887. The van der Waals surface area contributed by atoms with Crippen LogP contribution in [0.1, 0.15) is 33.6 Å². The fraction of sp³-hybridized carbons (Fsp3) is 0.692. The van der Waals surface area contributed by atoms with Crippen molar-refractivity contribution < 1.29 is 0 Å². The van der Waals surface area contributed by atoms with Crippen molar-refractivity contribution in [2.45, 2.75) is 45.2 Å². The fourth-order valence-corrected chi connectivity index (χ4v) is 3.07. The second-order valence-corrected chi connectivity index (χ2v) is 6.39. The molecule has 2 heterocycles. The monoisotopic (exact) mass is 313 g/mol. The quantitative estimate of drug-likeness (QED) is 0.787. The summed E-state index contributed by atoms with van der Waals surface area (Å²) in [5.74, 6) is 0.592. The van der Waals surface area contributed by atoms with Crippen LogP contribution in [0.4, 0.5) is 5.82 Å². The van der Waals surface area contributed by atoms with Crippen molar-refractivity contribution in [1.82, 2.24) is 9.55 Å². The van der Waals surface area contributed by atoms with Gasteiger partial charge in [-0.2, -0.15) is 0 Å². The number of hydrogen-bond acceptors (Lipinski definition) is 3. The third-order valence-electron chi connectivity index (χ3n) is 3.37. The van der Waals surface area contributed by atoms with Crippen molar-refractivity contribution in [3.63, 3.8) is 0 Å². The summed E-state index contributed by atoms with van der Waals surface area (Å²) >= 11 is 3.52. The Morgan fingerprint density at radius 2 is 2.22 bits per heavy atom. The Morgan fingerprint density at radius 3 is 2.83 bits per heavy atom. The number of alkyl halides is 1. The van der Waals surface area contributed by atoms with Gasteiger partial charge in [0, 0.05) is 35.8 Å². The molecule has 0 saturated carbocycles. The first kappa shape index (κ1) is 13.6. The minimum absolute atomic E-state index is 0.0119. The van der Waals surface area contributed by atoms with E-state index in [1.165, 1.54) is 0 Å². The van der Waals surface area contributed by atoms with E-state index in [1.807, 2.05) is 20.8 Å². The Bertz CT molecular complexity index is 478. The van der Waals surface area contributed by atoms with Crippen LogP contribution >= 0.6 is 15.9 Å². The molecule has 0 spiro atoms. The summed E-state index contributed by atoms with van der Waals surface area (Å²) in [4.78, 5) is 19.0. The lowest BCUT2D eigenvalue weighted by Crippen LogP contribution is -2.41. The van der Waals surface area contributed by atoms with Crippen molar-refractivity contribution in [2.24, 2.45) is 0 Å². The lowest BCUT2D eigenvalue weighted by Gasteiger charge is -2.27. The Labute approximate surface area is 116 Å². The average molecular weight is 314 g/mol. The van der Waals surface area contributed by atoms with E-state index < -0.39 is 0 Å². The van der Waals surface area contributed by atoms with Gasteiger partial charge in [-0.15, -0.1) is 0 Å². The fourth-order valence-electron chi connectivity index (χ4n) is 2.40. The SMILES string of the molecule is CC(C)(C)n1ccnc(N2CCCC2CBr)c1=O. The van der Waals surface area contributed by atoms with Gasteiger partial charge in [0.1, 0.15) is 0 Å². The Morgan fingerprint density at radius 1 is 1.50 bits per heavy atom. The Kier molecular flexibility index (Phi) is 3.80. The molecule has 1 unspecified atom stereocenters. The van der Waals surface area contributed by atoms with E-state index in [1.54, 1.807) is 17.0 Å². The highest BCUT2D eigenvalue weighted by molar-refractivity contribution is 9.09. The molecule has 18 heavy (non-hydrogen) atoms. The van der Waals surface area contributed by atoms with E-state index in [-0.39, 0.29) is 11.1 Å². The first-order valence-corrected chi connectivity index (χ1v) is 7.48. The molecule has 5 heteroatoms.